The minimum Gasteiger partial charge on any atom is -0.369 e. The highest BCUT2D eigenvalue weighted by molar-refractivity contribution is 5.56. The lowest BCUT2D eigenvalue weighted by Crippen LogP contribution is -2.38. The molecule has 0 aliphatic carbocycles. The van der Waals surface area contributed by atoms with Crippen molar-refractivity contribution in [2.24, 2.45) is 0 Å². The van der Waals surface area contributed by atoms with Gasteiger partial charge in [0.1, 0.15) is 0 Å². The number of anilines is 1. The summed E-state index contributed by atoms with van der Waals surface area (Å²) in [5.41, 5.74) is 2.89. The maximum Gasteiger partial charge on any atom is 0.0417 e. The van der Waals surface area contributed by atoms with Crippen LogP contribution in [0.2, 0.25) is 0 Å². The number of hydrogen-bond donors (Lipinski definition) is 1. The molecule has 1 aliphatic heterocycles. The van der Waals surface area contributed by atoms with Crippen LogP contribution in [0.15, 0.2) is 24.3 Å². The number of benzene rings is 1. The van der Waals surface area contributed by atoms with Gasteiger partial charge in [-0.05, 0) is 51.3 Å². The van der Waals surface area contributed by atoms with Crippen LogP contribution in [0.3, 0.4) is 0 Å². The first-order valence-electron chi connectivity index (χ1n) is 7.30. The highest BCUT2D eigenvalue weighted by Crippen LogP contribution is 2.32. The first kappa shape index (κ1) is 13.4. The molecule has 18 heavy (non-hydrogen) atoms. The van der Waals surface area contributed by atoms with E-state index in [2.05, 4.69) is 55.4 Å². The average molecular weight is 246 g/mol. The van der Waals surface area contributed by atoms with Crippen LogP contribution in [0, 0.1) is 0 Å². The van der Waals surface area contributed by atoms with Crippen molar-refractivity contribution < 1.29 is 0 Å². The zero-order chi connectivity index (χ0) is 13.0. The monoisotopic (exact) mass is 246 g/mol. The Morgan fingerprint density at radius 1 is 1.33 bits per heavy atom. The second-order valence-electron chi connectivity index (χ2n) is 5.35. The van der Waals surface area contributed by atoms with Crippen LogP contribution in [0.25, 0.3) is 0 Å². The Bertz CT molecular complexity index is 371. The fourth-order valence-electron chi connectivity index (χ4n) is 3.08. The van der Waals surface area contributed by atoms with E-state index in [0.717, 1.165) is 6.42 Å². The first-order valence-corrected chi connectivity index (χ1v) is 7.30. The van der Waals surface area contributed by atoms with Crippen LogP contribution >= 0.6 is 0 Å². The summed E-state index contributed by atoms with van der Waals surface area (Å²) in [5, 5.41) is 3.44. The van der Waals surface area contributed by atoms with Crippen molar-refractivity contribution in [3.63, 3.8) is 0 Å². The summed E-state index contributed by atoms with van der Waals surface area (Å²) in [6.45, 7) is 5.81. The third-order valence-corrected chi connectivity index (χ3v) is 4.18. The minimum atomic E-state index is 0.468. The fraction of sp³-hybridized carbons (Fsp3) is 0.625. The van der Waals surface area contributed by atoms with E-state index in [4.69, 9.17) is 0 Å². The summed E-state index contributed by atoms with van der Waals surface area (Å²) < 4.78 is 0. The quantitative estimate of drug-likeness (QED) is 0.870. The minimum absolute atomic E-state index is 0.468. The third kappa shape index (κ3) is 2.69. The molecule has 1 aliphatic rings. The molecule has 1 fully saturated rings. The number of nitrogens with one attached hydrogen (secondary N) is 1. The van der Waals surface area contributed by atoms with E-state index < -0.39 is 0 Å². The van der Waals surface area contributed by atoms with E-state index in [9.17, 15) is 0 Å². The molecular weight excluding hydrogens is 220 g/mol. The van der Waals surface area contributed by atoms with Crippen molar-refractivity contribution in [3.05, 3.63) is 29.8 Å². The Morgan fingerprint density at radius 2 is 2.11 bits per heavy atom. The highest BCUT2D eigenvalue weighted by atomic mass is 15.2. The van der Waals surface area contributed by atoms with Crippen LogP contribution in [-0.4, -0.2) is 19.6 Å². The molecule has 1 heterocycles. The molecule has 1 aromatic rings. The molecule has 2 nitrogen and oxygen atoms in total. The number of hydrogen-bond acceptors (Lipinski definition) is 2. The Morgan fingerprint density at radius 3 is 2.78 bits per heavy atom. The fourth-order valence-corrected chi connectivity index (χ4v) is 3.08. The maximum atomic E-state index is 3.44. The summed E-state index contributed by atoms with van der Waals surface area (Å²) in [5.74, 6) is 0. The molecule has 1 saturated heterocycles. The summed E-state index contributed by atoms with van der Waals surface area (Å²) in [6.07, 6.45) is 5.17. The van der Waals surface area contributed by atoms with Gasteiger partial charge in [0.2, 0.25) is 0 Å². The van der Waals surface area contributed by atoms with Gasteiger partial charge in [-0.1, -0.05) is 25.1 Å². The third-order valence-electron chi connectivity index (χ3n) is 4.18. The SMILES string of the molecule is CCC(NC)c1ccccc1N1CCCCC1C. The smallest absolute Gasteiger partial charge is 0.0417 e. The number of piperidine rings is 1. The van der Waals surface area contributed by atoms with E-state index in [-0.39, 0.29) is 0 Å². The lowest BCUT2D eigenvalue weighted by Gasteiger charge is -2.37. The maximum absolute atomic E-state index is 3.44. The summed E-state index contributed by atoms with van der Waals surface area (Å²) in [7, 11) is 2.06. The Hall–Kier alpha value is -1.02. The van der Waals surface area contributed by atoms with E-state index in [1.54, 1.807) is 0 Å². The van der Waals surface area contributed by atoms with Crippen molar-refractivity contribution in [2.45, 2.75) is 51.6 Å². The summed E-state index contributed by atoms with van der Waals surface area (Å²) in [6, 6.07) is 10.0. The van der Waals surface area contributed by atoms with Gasteiger partial charge in [0.05, 0.1) is 0 Å². The molecule has 2 heteroatoms. The lowest BCUT2D eigenvalue weighted by molar-refractivity contribution is 0.479. The van der Waals surface area contributed by atoms with Crippen molar-refractivity contribution >= 4 is 5.69 Å². The molecule has 0 amide bonds. The molecule has 2 rings (SSSR count). The second-order valence-corrected chi connectivity index (χ2v) is 5.35. The van der Waals surface area contributed by atoms with Gasteiger partial charge in [-0.15, -0.1) is 0 Å². The molecule has 0 bridgehead atoms. The number of para-hydroxylation sites is 1. The van der Waals surface area contributed by atoms with Gasteiger partial charge in [-0.3, -0.25) is 0 Å². The predicted octanol–water partition coefficient (Wildman–Crippen LogP) is 3.74. The lowest BCUT2D eigenvalue weighted by atomic mass is 9.97. The second kappa shape index (κ2) is 6.24. The number of nitrogens with zero attached hydrogens (tertiary/aromatic N) is 1. The molecule has 0 radical (unpaired) electrons. The van der Waals surface area contributed by atoms with Gasteiger partial charge in [0.25, 0.3) is 0 Å². The Kier molecular flexibility index (Phi) is 4.65. The van der Waals surface area contributed by atoms with Gasteiger partial charge in [-0.25, -0.2) is 0 Å². The Balaban J connectivity index is 2.31. The molecule has 0 aromatic heterocycles. The largest absolute Gasteiger partial charge is 0.369 e. The van der Waals surface area contributed by atoms with Crippen molar-refractivity contribution in [2.75, 3.05) is 18.5 Å². The van der Waals surface area contributed by atoms with Gasteiger partial charge >= 0.3 is 0 Å². The number of rotatable bonds is 4. The molecular formula is C16H26N2. The molecule has 100 valence electrons. The van der Waals surface area contributed by atoms with Crippen LogP contribution in [-0.2, 0) is 0 Å². The first-order chi connectivity index (χ1) is 8.77. The zero-order valence-electron chi connectivity index (χ0n) is 11.9. The van der Waals surface area contributed by atoms with Crippen LogP contribution in [0.4, 0.5) is 5.69 Å². The van der Waals surface area contributed by atoms with Crippen molar-refractivity contribution in [3.8, 4) is 0 Å². The topological polar surface area (TPSA) is 15.3 Å². The molecule has 2 unspecified atom stereocenters. The Labute approximate surface area is 111 Å². The van der Waals surface area contributed by atoms with Gasteiger partial charge in [0, 0.05) is 24.3 Å². The van der Waals surface area contributed by atoms with Gasteiger partial charge in [0.15, 0.2) is 0 Å². The molecule has 0 spiro atoms. The highest BCUT2D eigenvalue weighted by Gasteiger charge is 2.22. The summed E-state index contributed by atoms with van der Waals surface area (Å²) in [4.78, 5) is 2.60. The van der Waals surface area contributed by atoms with E-state index >= 15 is 0 Å². The van der Waals surface area contributed by atoms with Crippen LogP contribution in [0.5, 0.6) is 0 Å². The van der Waals surface area contributed by atoms with E-state index in [1.165, 1.54) is 37.1 Å². The van der Waals surface area contributed by atoms with Crippen LogP contribution < -0.4 is 10.2 Å². The van der Waals surface area contributed by atoms with E-state index in [0.29, 0.717) is 12.1 Å². The van der Waals surface area contributed by atoms with Gasteiger partial charge in [-0.2, -0.15) is 0 Å². The van der Waals surface area contributed by atoms with Crippen molar-refractivity contribution in [1.29, 1.82) is 0 Å². The molecule has 1 aromatic carbocycles. The zero-order valence-corrected chi connectivity index (χ0v) is 11.9. The predicted molar refractivity (Wildman–Crippen MR) is 79.2 cm³/mol. The molecule has 2 atom stereocenters. The van der Waals surface area contributed by atoms with Crippen LogP contribution in [0.1, 0.15) is 51.1 Å². The standard InChI is InChI=1S/C16H26N2/c1-4-15(17-3)14-10-5-6-11-16(14)18-12-8-7-9-13(18)2/h5-6,10-11,13,15,17H,4,7-9,12H2,1-3H3. The normalized spacial score (nSPS) is 21.9. The summed E-state index contributed by atoms with van der Waals surface area (Å²) >= 11 is 0. The molecule has 0 saturated carbocycles. The average Bonchev–Trinajstić information content (AvgIpc) is 2.41. The van der Waals surface area contributed by atoms with Crippen molar-refractivity contribution in [1.82, 2.24) is 5.32 Å². The van der Waals surface area contributed by atoms with Gasteiger partial charge < -0.3 is 10.2 Å². The van der Waals surface area contributed by atoms with E-state index in [1.807, 2.05) is 0 Å². The molecule has 1 N–H and O–H groups in total.